The van der Waals surface area contributed by atoms with Gasteiger partial charge in [-0.15, -0.1) is 0 Å². The number of rotatable bonds is 6. The maximum Gasteiger partial charge on any atom is 0.322 e. The van der Waals surface area contributed by atoms with Gasteiger partial charge in [-0.05, 0) is 37.7 Å². The van der Waals surface area contributed by atoms with Crippen LogP contribution in [0.1, 0.15) is 13.8 Å². The van der Waals surface area contributed by atoms with Crippen molar-refractivity contribution in [2.24, 2.45) is 0 Å². The summed E-state index contributed by atoms with van der Waals surface area (Å²) in [5.41, 5.74) is 0. The highest BCUT2D eigenvalue weighted by Gasteiger charge is 2.09. The van der Waals surface area contributed by atoms with Crippen LogP contribution in [0.2, 0.25) is 5.02 Å². The van der Waals surface area contributed by atoms with Crippen LogP contribution in [0.3, 0.4) is 0 Å². The van der Waals surface area contributed by atoms with Crippen molar-refractivity contribution < 1.29 is 4.74 Å². The van der Waals surface area contributed by atoms with Crippen molar-refractivity contribution >= 4 is 29.3 Å². The summed E-state index contributed by atoms with van der Waals surface area (Å²) in [6.07, 6.45) is 1.58. The van der Waals surface area contributed by atoms with Crippen molar-refractivity contribution in [2.75, 3.05) is 18.5 Å². The summed E-state index contributed by atoms with van der Waals surface area (Å²) in [4.78, 5) is 16.9. The fraction of sp³-hybridized carbons (Fsp3) is 0.333. The van der Waals surface area contributed by atoms with E-state index in [2.05, 4.69) is 25.3 Å². The first kappa shape index (κ1) is 14.8. The Morgan fingerprint density at radius 2 is 2.10 bits per heavy atom. The molecule has 0 bridgehead atoms. The molecule has 0 unspecified atom stereocenters. The van der Waals surface area contributed by atoms with Crippen LogP contribution in [0.5, 0.6) is 6.01 Å². The molecule has 0 saturated heterocycles. The van der Waals surface area contributed by atoms with Crippen LogP contribution in [0.25, 0.3) is 0 Å². The van der Waals surface area contributed by atoms with Gasteiger partial charge in [0.25, 0.3) is 0 Å². The number of nitrogens with one attached hydrogen (secondary N) is 1. The Hall–Kier alpha value is -1.60. The Balaban J connectivity index is 2.22. The van der Waals surface area contributed by atoms with Crippen molar-refractivity contribution in [1.29, 1.82) is 0 Å². The smallest absolute Gasteiger partial charge is 0.322 e. The highest BCUT2D eigenvalue weighted by molar-refractivity contribution is 7.99. The van der Waals surface area contributed by atoms with Crippen LogP contribution >= 0.6 is 23.4 Å². The second kappa shape index (κ2) is 7.25. The summed E-state index contributed by atoms with van der Waals surface area (Å²) < 4.78 is 5.33. The molecule has 1 N–H and O–H groups in total. The summed E-state index contributed by atoms with van der Waals surface area (Å²) >= 11 is 7.13. The third-order valence-electron chi connectivity index (χ3n) is 2.10. The largest absolute Gasteiger partial charge is 0.464 e. The van der Waals surface area contributed by atoms with Gasteiger partial charge >= 0.3 is 6.01 Å². The molecule has 0 aromatic carbocycles. The Bertz CT molecular complexity index is 542. The van der Waals surface area contributed by atoms with Crippen molar-refractivity contribution in [2.45, 2.75) is 24.0 Å². The van der Waals surface area contributed by atoms with Gasteiger partial charge in [-0.25, -0.2) is 4.98 Å². The number of ether oxygens (including phenoxy) is 1. The van der Waals surface area contributed by atoms with E-state index in [1.165, 1.54) is 11.8 Å². The minimum absolute atomic E-state index is 0.301. The molecule has 0 saturated carbocycles. The molecule has 2 aromatic heterocycles. The lowest BCUT2D eigenvalue weighted by atomic mass is 10.5. The van der Waals surface area contributed by atoms with Crippen molar-refractivity contribution in [3.05, 3.63) is 23.4 Å². The average Bonchev–Trinajstić information content (AvgIpc) is 2.42. The van der Waals surface area contributed by atoms with Crippen molar-refractivity contribution in [3.8, 4) is 6.01 Å². The molecular weight excluding hydrogens is 298 g/mol. The van der Waals surface area contributed by atoms with Gasteiger partial charge in [0.15, 0.2) is 0 Å². The third-order valence-corrected chi connectivity index (χ3v) is 3.14. The quantitative estimate of drug-likeness (QED) is 0.879. The molecule has 0 atom stereocenters. The lowest BCUT2D eigenvalue weighted by Crippen LogP contribution is -2.07. The molecule has 2 rings (SSSR count). The zero-order chi connectivity index (χ0) is 14.4. The lowest BCUT2D eigenvalue weighted by molar-refractivity contribution is 0.308. The highest BCUT2D eigenvalue weighted by Crippen LogP contribution is 2.25. The van der Waals surface area contributed by atoms with Gasteiger partial charge in [-0.1, -0.05) is 11.6 Å². The molecule has 0 fully saturated rings. The van der Waals surface area contributed by atoms with Crippen LogP contribution in [0.15, 0.2) is 28.5 Å². The molecule has 2 heterocycles. The first-order chi connectivity index (χ1) is 9.71. The molecule has 20 heavy (non-hydrogen) atoms. The molecule has 0 radical (unpaired) electrons. The normalized spacial score (nSPS) is 10.3. The Morgan fingerprint density at radius 1 is 1.25 bits per heavy atom. The number of hydrogen-bond acceptors (Lipinski definition) is 7. The third kappa shape index (κ3) is 4.21. The summed E-state index contributed by atoms with van der Waals surface area (Å²) in [6.45, 7) is 5.07. The second-order valence-corrected chi connectivity index (χ2v) is 5.03. The van der Waals surface area contributed by atoms with Crippen LogP contribution < -0.4 is 10.1 Å². The number of pyridine rings is 1. The fourth-order valence-corrected chi connectivity index (χ4v) is 2.13. The Labute approximate surface area is 126 Å². The highest BCUT2D eigenvalue weighted by atomic mass is 35.5. The van der Waals surface area contributed by atoms with E-state index in [1.807, 2.05) is 19.9 Å². The predicted octanol–water partition coefficient (Wildman–Crippen LogP) is 2.90. The van der Waals surface area contributed by atoms with E-state index < -0.39 is 0 Å². The van der Waals surface area contributed by atoms with E-state index in [-0.39, 0.29) is 0 Å². The summed E-state index contributed by atoms with van der Waals surface area (Å²) in [5, 5.41) is 4.91. The first-order valence-electron chi connectivity index (χ1n) is 6.13. The molecule has 0 aliphatic rings. The number of aromatic nitrogens is 4. The SMILES string of the molecule is CCNc1nc(OCC)nc(Sc2ccc(Cl)cn2)n1. The second-order valence-electron chi connectivity index (χ2n) is 3.60. The molecule has 8 heteroatoms. The topological polar surface area (TPSA) is 72.8 Å². The fourth-order valence-electron chi connectivity index (χ4n) is 1.33. The van der Waals surface area contributed by atoms with E-state index in [4.69, 9.17) is 16.3 Å². The standard InChI is InChI=1S/C12H14ClN5OS/c1-3-14-10-16-11(19-4-2)18-12(17-10)20-9-6-5-8(13)7-15-9/h5-7H,3-4H2,1-2H3,(H,14,16,17,18). The summed E-state index contributed by atoms with van der Waals surface area (Å²) in [7, 11) is 0. The monoisotopic (exact) mass is 311 g/mol. The van der Waals surface area contributed by atoms with E-state index in [0.29, 0.717) is 28.7 Å². The number of halogens is 1. The van der Waals surface area contributed by atoms with Crippen LogP contribution in [0.4, 0.5) is 5.95 Å². The molecule has 0 aliphatic carbocycles. The molecule has 2 aromatic rings. The van der Waals surface area contributed by atoms with E-state index in [9.17, 15) is 0 Å². The first-order valence-corrected chi connectivity index (χ1v) is 7.33. The van der Waals surface area contributed by atoms with E-state index in [0.717, 1.165) is 11.6 Å². The minimum Gasteiger partial charge on any atom is -0.464 e. The zero-order valence-electron chi connectivity index (χ0n) is 11.1. The molecule has 0 amide bonds. The maximum absolute atomic E-state index is 5.80. The average molecular weight is 312 g/mol. The van der Waals surface area contributed by atoms with Gasteiger partial charge in [-0.2, -0.15) is 15.0 Å². The van der Waals surface area contributed by atoms with Gasteiger partial charge in [0.2, 0.25) is 11.1 Å². The van der Waals surface area contributed by atoms with E-state index in [1.54, 1.807) is 12.3 Å². The molecule has 0 spiro atoms. The van der Waals surface area contributed by atoms with Gasteiger partial charge < -0.3 is 10.1 Å². The van der Waals surface area contributed by atoms with Crippen LogP contribution in [0, 0.1) is 0 Å². The van der Waals surface area contributed by atoms with Crippen molar-refractivity contribution in [3.63, 3.8) is 0 Å². The number of anilines is 1. The molecular formula is C12H14ClN5OS. The Morgan fingerprint density at radius 3 is 2.75 bits per heavy atom. The molecule has 6 nitrogen and oxygen atoms in total. The molecule has 0 aliphatic heterocycles. The van der Waals surface area contributed by atoms with Crippen molar-refractivity contribution in [1.82, 2.24) is 19.9 Å². The van der Waals surface area contributed by atoms with Gasteiger partial charge in [0, 0.05) is 12.7 Å². The minimum atomic E-state index is 0.301. The number of hydrogen-bond donors (Lipinski definition) is 1. The maximum atomic E-state index is 5.80. The zero-order valence-corrected chi connectivity index (χ0v) is 12.7. The van der Waals surface area contributed by atoms with Crippen LogP contribution in [-0.2, 0) is 0 Å². The van der Waals surface area contributed by atoms with E-state index >= 15 is 0 Å². The lowest BCUT2D eigenvalue weighted by Gasteiger charge is -2.07. The predicted molar refractivity (Wildman–Crippen MR) is 78.5 cm³/mol. The van der Waals surface area contributed by atoms with Gasteiger partial charge in [0.05, 0.1) is 11.6 Å². The van der Waals surface area contributed by atoms with Gasteiger partial charge in [0.1, 0.15) is 5.03 Å². The summed E-state index contributed by atoms with van der Waals surface area (Å²) in [6, 6.07) is 3.88. The molecule has 106 valence electrons. The van der Waals surface area contributed by atoms with Crippen LogP contribution in [-0.4, -0.2) is 33.1 Å². The Kier molecular flexibility index (Phi) is 5.37. The summed E-state index contributed by atoms with van der Waals surface area (Å²) in [5.74, 6) is 0.488. The number of nitrogens with zero attached hydrogens (tertiary/aromatic N) is 4. The van der Waals surface area contributed by atoms with Gasteiger partial charge in [-0.3, -0.25) is 0 Å².